The molecule has 4 rings (SSSR count). The molecule has 0 fully saturated rings. The van der Waals surface area contributed by atoms with Gasteiger partial charge in [0.25, 0.3) is 0 Å². The maximum absolute atomic E-state index is 4.60. The highest BCUT2D eigenvalue weighted by Crippen LogP contribution is 2.24. The number of hydrogen-bond acceptors (Lipinski definition) is 5. The van der Waals surface area contributed by atoms with Gasteiger partial charge in [-0.15, -0.1) is 10.2 Å². The fraction of sp³-hybridized carbons (Fsp3) is 0. The molecule has 3 heterocycles. The van der Waals surface area contributed by atoms with Crippen LogP contribution in [-0.2, 0) is 0 Å². The number of rotatable bonds is 1. The van der Waals surface area contributed by atoms with E-state index in [9.17, 15) is 0 Å². The highest BCUT2D eigenvalue weighted by molar-refractivity contribution is 6.03. The Balaban J connectivity index is 2.09. The second-order valence-corrected chi connectivity index (χ2v) is 4.14. The van der Waals surface area contributed by atoms with E-state index in [0.717, 1.165) is 21.8 Å². The van der Waals surface area contributed by atoms with Gasteiger partial charge in [-0.3, -0.25) is 4.98 Å². The molecule has 19 heavy (non-hydrogen) atoms. The van der Waals surface area contributed by atoms with Gasteiger partial charge in [-0.1, -0.05) is 24.3 Å². The standard InChI is InChI=1S/C13H8N6/c1-2-8-3-4-9-5-6-10(13-16-18-19-17-13)15-12(9)11(8)14-7-1/h1-7H,(H,16,17,18,19). The summed E-state index contributed by atoms with van der Waals surface area (Å²) in [5.41, 5.74) is 2.41. The number of benzene rings is 1. The Morgan fingerprint density at radius 2 is 1.74 bits per heavy atom. The zero-order valence-electron chi connectivity index (χ0n) is 9.78. The first-order valence-electron chi connectivity index (χ1n) is 5.80. The quantitative estimate of drug-likeness (QED) is 0.521. The van der Waals surface area contributed by atoms with Gasteiger partial charge in [-0.05, 0) is 17.3 Å². The van der Waals surface area contributed by atoms with Crippen LogP contribution in [0.1, 0.15) is 0 Å². The third-order valence-electron chi connectivity index (χ3n) is 3.01. The Hall–Kier alpha value is -2.89. The summed E-state index contributed by atoms with van der Waals surface area (Å²) >= 11 is 0. The van der Waals surface area contributed by atoms with E-state index in [1.54, 1.807) is 6.20 Å². The van der Waals surface area contributed by atoms with Crippen molar-refractivity contribution in [2.24, 2.45) is 0 Å². The van der Waals surface area contributed by atoms with Crippen molar-refractivity contribution < 1.29 is 0 Å². The molecular weight excluding hydrogens is 240 g/mol. The van der Waals surface area contributed by atoms with Gasteiger partial charge < -0.3 is 0 Å². The van der Waals surface area contributed by atoms with Crippen molar-refractivity contribution in [3.8, 4) is 11.5 Å². The molecule has 0 saturated carbocycles. The SMILES string of the molecule is c1cnc2c(c1)ccc1ccc(-c3nn[nH]n3)nc12. The lowest BCUT2D eigenvalue weighted by Gasteiger charge is -2.03. The molecule has 0 unspecified atom stereocenters. The molecule has 0 spiro atoms. The number of hydrogen-bond donors (Lipinski definition) is 1. The lowest BCUT2D eigenvalue weighted by Crippen LogP contribution is -1.89. The van der Waals surface area contributed by atoms with E-state index in [0.29, 0.717) is 11.5 Å². The number of H-pyrrole nitrogens is 1. The first kappa shape index (κ1) is 10.1. The molecule has 0 atom stereocenters. The lowest BCUT2D eigenvalue weighted by atomic mass is 10.1. The first-order chi connectivity index (χ1) is 9.42. The number of aromatic nitrogens is 6. The van der Waals surface area contributed by atoms with Crippen LogP contribution in [-0.4, -0.2) is 30.6 Å². The third kappa shape index (κ3) is 1.54. The second kappa shape index (κ2) is 3.81. The maximum atomic E-state index is 4.60. The van der Waals surface area contributed by atoms with E-state index in [1.165, 1.54) is 0 Å². The van der Waals surface area contributed by atoms with Crippen molar-refractivity contribution in [1.82, 2.24) is 30.6 Å². The van der Waals surface area contributed by atoms with Crippen molar-refractivity contribution in [1.29, 1.82) is 0 Å². The van der Waals surface area contributed by atoms with Crippen molar-refractivity contribution in [3.63, 3.8) is 0 Å². The van der Waals surface area contributed by atoms with Crippen LogP contribution in [0.25, 0.3) is 33.3 Å². The van der Waals surface area contributed by atoms with Crippen LogP contribution in [0.2, 0.25) is 0 Å². The smallest absolute Gasteiger partial charge is 0.222 e. The van der Waals surface area contributed by atoms with E-state index >= 15 is 0 Å². The van der Waals surface area contributed by atoms with Crippen LogP contribution in [0, 0.1) is 0 Å². The molecule has 0 bridgehead atoms. The van der Waals surface area contributed by atoms with Gasteiger partial charge in [0.15, 0.2) is 0 Å². The minimum absolute atomic E-state index is 0.481. The normalized spacial score (nSPS) is 11.2. The van der Waals surface area contributed by atoms with Crippen LogP contribution in [0.5, 0.6) is 0 Å². The molecule has 6 nitrogen and oxygen atoms in total. The highest BCUT2D eigenvalue weighted by Gasteiger charge is 2.08. The first-order valence-corrected chi connectivity index (χ1v) is 5.80. The van der Waals surface area contributed by atoms with Crippen LogP contribution < -0.4 is 0 Å². The van der Waals surface area contributed by atoms with E-state index in [4.69, 9.17) is 0 Å². The zero-order chi connectivity index (χ0) is 12.7. The summed E-state index contributed by atoms with van der Waals surface area (Å²) in [6.07, 6.45) is 1.77. The van der Waals surface area contributed by atoms with Gasteiger partial charge in [-0.25, -0.2) is 4.98 Å². The monoisotopic (exact) mass is 248 g/mol. The van der Waals surface area contributed by atoms with Gasteiger partial charge in [-0.2, -0.15) is 5.21 Å². The average Bonchev–Trinajstić information content (AvgIpc) is 3.01. The van der Waals surface area contributed by atoms with Gasteiger partial charge in [0.1, 0.15) is 5.69 Å². The minimum Gasteiger partial charge on any atom is -0.254 e. The van der Waals surface area contributed by atoms with Gasteiger partial charge in [0.2, 0.25) is 5.82 Å². The third-order valence-corrected chi connectivity index (χ3v) is 3.01. The summed E-state index contributed by atoms with van der Waals surface area (Å²) in [7, 11) is 0. The summed E-state index contributed by atoms with van der Waals surface area (Å²) in [6.45, 7) is 0. The van der Waals surface area contributed by atoms with Crippen molar-refractivity contribution >= 4 is 21.8 Å². The molecule has 3 aromatic heterocycles. The van der Waals surface area contributed by atoms with Crippen molar-refractivity contribution in [2.45, 2.75) is 0 Å². The molecule has 0 saturated heterocycles. The van der Waals surface area contributed by atoms with Gasteiger partial charge >= 0.3 is 0 Å². The van der Waals surface area contributed by atoms with E-state index in [1.807, 2.05) is 36.4 Å². The number of fused-ring (bicyclic) bond motifs is 3. The molecule has 0 aliphatic rings. The molecule has 1 N–H and O–H groups in total. The number of nitrogens with one attached hydrogen (secondary N) is 1. The van der Waals surface area contributed by atoms with Crippen LogP contribution in [0.3, 0.4) is 0 Å². The second-order valence-electron chi connectivity index (χ2n) is 4.14. The Bertz CT molecular complexity index is 869. The Morgan fingerprint density at radius 3 is 2.58 bits per heavy atom. The molecule has 0 aliphatic heterocycles. The number of pyridine rings is 2. The minimum atomic E-state index is 0.481. The van der Waals surface area contributed by atoms with Gasteiger partial charge in [0.05, 0.1) is 11.0 Å². The predicted octanol–water partition coefficient (Wildman–Crippen LogP) is 1.96. The molecular formula is C13H8N6. The summed E-state index contributed by atoms with van der Waals surface area (Å²) in [4.78, 5) is 9.00. The Labute approximate surface area is 107 Å². The van der Waals surface area contributed by atoms with Crippen LogP contribution in [0.4, 0.5) is 0 Å². The summed E-state index contributed by atoms with van der Waals surface area (Å²) in [5.74, 6) is 0.481. The van der Waals surface area contributed by atoms with E-state index in [-0.39, 0.29) is 0 Å². The Morgan fingerprint density at radius 1 is 0.895 bits per heavy atom. The number of aromatic amines is 1. The average molecular weight is 248 g/mol. The summed E-state index contributed by atoms with van der Waals surface area (Å²) in [5, 5.41) is 16.0. The fourth-order valence-corrected chi connectivity index (χ4v) is 2.12. The summed E-state index contributed by atoms with van der Waals surface area (Å²) in [6, 6.07) is 11.9. The van der Waals surface area contributed by atoms with Crippen molar-refractivity contribution in [3.05, 3.63) is 42.6 Å². The zero-order valence-corrected chi connectivity index (χ0v) is 9.78. The van der Waals surface area contributed by atoms with Crippen LogP contribution >= 0.6 is 0 Å². The fourth-order valence-electron chi connectivity index (χ4n) is 2.12. The topological polar surface area (TPSA) is 80.2 Å². The molecule has 0 aliphatic carbocycles. The molecule has 4 aromatic rings. The number of tetrazole rings is 1. The number of nitrogens with zero attached hydrogens (tertiary/aromatic N) is 5. The van der Waals surface area contributed by atoms with Crippen molar-refractivity contribution in [2.75, 3.05) is 0 Å². The molecule has 1 aromatic carbocycles. The molecule has 90 valence electrons. The van der Waals surface area contributed by atoms with E-state index in [2.05, 4.69) is 30.6 Å². The van der Waals surface area contributed by atoms with Crippen LogP contribution in [0.15, 0.2) is 42.6 Å². The van der Waals surface area contributed by atoms with E-state index < -0.39 is 0 Å². The predicted molar refractivity (Wildman–Crippen MR) is 70.2 cm³/mol. The molecule has 0 amide bonds. The van der Waals surface area contributed by atoms with Gasteiger partial charge in [0, 0.05) is 17.0 Å². The Kier molecular flexibility index (Phi) is 2.02. The highest BCUT2D eigenvalue weighted by atomic mass is 15.5. The summed E-state index contributed by atoms with van der Waals surface area (Å²) < 4.78 is 0. The molecule has 0 radical (unpaired) electrons. The molecule has 6 heteroatoms. The largest absolute Gasteiger partial charge is 0.254 e. The lowest BCUT2D eigenvalue weighted by molar-refractivity contribution is 0.881. The maximum Gasteiger partial charge on any atom is 0.222 e.